The molecule has 0 saturated carbocycles. The maximum Gasteiger partial charge on any atom is 0.257 e. The number of carbonyl (C=O) groups is 5. The molecule has 0 unspecified atom stereocenters. The van der Waals surface area contributed by atoms with Crippen LogP contribution in [0.3, 0.4) is 0 Å². The first-order valence-corrected chi connectivity index (χ1v) is 16.3. The number of carbonyl (C=O) groups excluding carboxylic acids is 5. The number of amides is 5. The third-order valence-electron chi connectivity index (χ3n) is 8.57. The molecule has 3 aromatic rings. The summed E-state index contributed by atoms with van der Waals surface area (Å²) in [5, 5.41) is 6.85. The van der Waals surface area contributed by atoms with Gasteiger partial charge in [-0.1, -0.05) is 0 Å². The molecule has 13 heteroatoms. The fraction of sp³-hybridized carbons (Fsp3) is 0.429. The predicted octanol–water partition coefficient (Wildman–Crippen LogP) is 3.10. The number of furan rings is 1. The zero-order chi connectivity index (χ0) is 34.4. The molecule has 5 rings (SSSR count). The quantitative estimate of drug-likeness (QED) is 0.280. The number of guanidine groups is 1. The zero-order valence-electron chi connectivity index (χ0n) is 28.0. The molecule has 0 spiro atoms. The van der Waals surface area contributed by atoms with Crippen LogP contribution in [0.5, 0.6) is 0 Å². The maximum absolute atomic E-state index is 13.7. The molecule has 2 saturated heterocycles. The van der Waals surface area contributed by atoms with Crippen molar-refractivity contribution in [1.29, 1.82) is 0 Å². The van der Waals surface area contributed by atoms with E-state index in [0.29, 0.717) is 42.9 Å². The first-order valence-electron chi connectivity index (χ1n) is 16.3. The van der Waals surface area contributed by atoms with E-state index in [4.69, 9.17) is 9.41 Å². The molecule has 3 heterocycles. The number of fused-ring (bicyclic) bond motifs is 1. The molecular weight excluding hydrogens is 614 g/mol. The van der Waals surface area contributed by atoms with E-state index in [1.807, 2.05) is 25.1 Å². The van der Waals surface area contributed by atoms with E-state index < -0.39 is 11.9 Å². The molecule has 13 nitrogen and oxygen atoms in total. The lowest BCUT2D eigenvalue weighted by Crippen LogP contribution is -2.45. The fourth-order valence-corrected chi connectivity index (χ4v) is 5.81. The van der Waals surface area contributed by atoms with E-state index in [0.717, 1.165) is 36.8 Å². The van der Waals surface area contributed by atoms with Gasteiger partial charge in [-0.15, -0.1) is 0 Å². The Hall–Kier alpha value is -5.20. The summed E-state index contributed by atoms with van der Waals surface area (Å²) < 4.78 is 5.70. The number of rotatable bonds is 8. The number of likely N-dealkylation sites (tertiary alicyclic amines) is 2. The van der Waals surface area contributed by atoms with Crippen LogP contribution in [-0.4, -0.2) is 115 Å². The number of aryl methyl sites for hydroxylation is 1. The Morgan fingerprint density at radius 1 is 0.917 bits per heavy atom. The summed E-state index contributed by atoms with van der Waals surface area (Å²) in [6, 6.07) is 12.6. The van der Waals surface area contributed by atoms with Gasteiger partial charge < -0.3 is 29.3 Å². The number of benzene rings is 2. The Kier molecular flexibility index (Phi) is 10.8. The van der Waals surface area contributed by atoms with Gasteiger partial charge in [-0.05, 0) is 87.6 Å². The molecule has 1 atom stereocenters. The summed E-state index contributed by atoms with van der Waals surface area (Å²) >= 11 is 0. The standard InChI is InChI=1S/C35H43N7O6/c1-23-19-26-20-27(14-15-29(26)48-23)36-35(37-28-9-5-6-18-42(34(28)47)22-31(44)41-16-7-8-17-41)38-32(45)24-10-12-25(13-11-24)33(46)40(4)21-30(43)39(2)3/h10-15,19-20,28H,5-9,16-18,21-22H2,1-4H3,(H2,36,37,38,45)/t28-/m0/s1. The average Bonchev–Trinajstić information content (AvgIpc) is 3.70. The summed E-state index contributed by atoms with van der Waals surface area (Å²) in [4.78, 5) is 75.9. The minimum absolute atomic E-state index is 0.0139. The minimum atomic E-state index is -0.804. The van der Waals surface area contributed by atoms with Crippen molar-refractivity contribution in [3.8, 4) is 0 Å². The second-order valence-corrected chi connectivity index (χ2v) is 12.6. The molecule has 48 heavy (non-hydrogen) atoms. The van der Waals surface area contributed by atoms with Crippen molar-refractivity contribution < 1.29 is 28.4 Å². The number of anilines is 1. The highest BCUT2D eigenvalue weighted by molar-refractivity contribution is 6.11. The number of nitrogens with one attached hydrogen (secondary N) is 2. The largest absolute Gasteiger partial charge is 0.461 e. The molecule has 0 radical (unpaired) electrons. The molecule has 0 aliphatic carbocycles. The number of hydrogen-bond donors (Lipinski definition) is 2. The van der Waals surface area contributed by atoms with E-state index in [2.05, 4.69) is 10.6 Å². The van der Waals surface area contributed by atoms with Gasteiger partial charge in [-0.3, -0.25) is 29.3 Å². The molecule has 2 fully saturated rings. The van der Waals surface area contributed by atoms with Crippen molar-refractivity contribution in [2.45, 2.75) is 45.1 Å². The van der Waals surface area contributed by atoms with Gasteiger partial charge >= 0.3 is 0 Å². The number of aliphatic imine (C=N–C) groups is 1. The highest BCUT2D eigenvalue weighted by Crippen LogP contribution is 2.23. The van der Waals surface area contributed by atoms with Gasteiger partial charge in [-0.25, -0.2) is 4.99 Å². The molecule has 5 amide bonds. The van der Waals surface area contributed by atoms with Crippen LogP contribution in [0.2, 0.25) is 0 Å². The fourth-order valence-electron chi connectivity index (χ4n) is 5.81. The molecule has 2 aliphatic heterocycles. The highest BCUT2D eigenvalue weighted by Gasteiger charge is 2.30. The van der Waals surface area contributed by atoms with Gasteiger partial charge in [0, 0.05) is 63.0 Å². The molecule has 254 valence electrons. The van der Waals surface area contributed by atoms with Crippen LogP contribution in [0.1, 0.15) is 58.6 Å². The highest BCUT2D eigenvalue weighted by atomic mass is 16.3. The van der Waals surface area contributed by atoms with E-state index in [9.17, 15) is 24.0 Å². The second-order valence-electron chi connectivity index (χ2n) is 12.6. The first-order chi connectivity index (χ1) is 23.0. The van der Waals surface area contributed by atoms with E-state index in [1.54, 1.807) is 37.0 Å². The Balaban J connectivity index is 1.36. The lowest BCUT2D eigenvalue weighted by atomic mass is 10.1. The summed E-state index contributed by atoms with van der Waals surface area (Å²) in [5.74, 6) is -0.546. The topological polar surface area (TPSA) is 148 Å². The molecule has 0 bridgehead atoms. The van der Waals surface area contributed by atoms with Crippen LogP contribution in [0, 0.1) is 6.92 Å². The summed E-state index contributed by atoms with van der Waals surface area (Å²) in [6.07, 6.45) is 3.90. The molecule has 2 N–H and O–H groups in total. The third kappa shape index (κ3) is 8.38. The number of hydrogen-bond acceptors (Lipinski definition) is 7. The lowest BCUT2D eigenvalue weighted by molar-refractivity contribution is -0.140. The van der Waals surface area contributed by atoms with Crippen LogP contribution >= 0.6 is 0 Å². The SMILES string of the molecule is Cc1cc2cc(NC(=N[C@H]3CCCCN(CC(=O)N4CCCC4)C3=O)NC(=O)c3ccc(C(=O)N(C)CC(=O)N(C)C)cc3)ccc2o1. The molecule has 1 aromatic heterocycles. The van der Waals surface area contributed by atoms with Gasteiger partial charge in [0.1, 0.15) is 17.4 Å². The van der Waals surface area contributed by atoms with Gasteiger partial charge in [0.25, 0.3) is 11.8 Å². The molecule has 2 aromatic carbocycles. The predicted molar refractivity (Wildman–Crippen MR) is 182 cm³/mol. The minimum Gasteiger partial charge on any atom is -0.461 e. The van der Waals surface area contributed by atoms with Crippen LogP contribution in [-0.2, 0) is 14.4 Å². The average molecular weight is 658 g/mol. The monoisotopic (exact) mass is 657 g/mol. The Labute approximate surface area is 279 Å². The second kappa shape index (κ2) is 15.1. The van der Waals surface area contributed by atoms with Crippen molar-refractivity contribution in [2.75, 3.05) is 59.2 Å². The van der Waals surface area contributed by atoms with E-state index in [-0.39, 0.29) is 48.2 Å². The van der Waals surface area contributed by atoms with Gasteiger partial charge in [0.05, 0.1) is 13.1 Å². The number of likely N-dealkylation sites (N-methyl/N-ethyl adjacent to an activating group) is 2. The Morgan fingerprint density at radius 2 is 1.60 bits per heavy atom. The van der Waals surface area contributed by atoms with Crippen LogP contribution in [0.4, 0.5) is 5.69 Å². The van der Waals surface area contributed by atoms with Crippen LogP contribution < -0.4 is 10.6 Å². The van der Waals surface area contributed by atoms with E-state index in [1.165, 1.54) is 34.1 Å². The van der Waals surface area contributed by atoms with Crippen molar-refractivity contribution >= 4 is 52.2 Å². The van der Waals surface area contributed by atoms with Crippen LogP contribution in [0.15, 0.2) is 57.9 Å². The van der Waals surface area contributed by atoms with Crippen molar-refractivity contribution in [1.82, 2.24) is 24.9 Å². The zero-order valence-corrected chi connectivity index (χ0v) is 28.0. The molecule has 2 aliphatic rings. The van der Waals surface area contributed by atoms with Gasteiger partial charge in [0.15, 0.2) is 0 Å². The third-order valence-corrected chi connectivity index (χ3v) is 8.57. The van der Waals surface area contributed by atoms with E-state index >= 15 is 0 Å². The summed E-state index contributed by atoms with van der Waals surface area (Å²) in [6.45, 7) is 3.70. The summed E-state index contributed by atoms with van der Waals surface area (Å²) in [5.41, 5.74) is 1.92. The Morgan fingerprint density at radius 3 is 2.31 bits per heavy atom. The first kappa shape index (κ1) is 34.1. The van der Waals surface area contributed by atoms with Gasteiger partial charge in [0.2, 0.25) is 23.7 Å². The van der Waals surface area contributed by atoms with Crippen molar-refractivity contribution in [3.05, 3.63) is 65.4 Å². The van der Waals surface area contributed by atoms with Crippen LogP contribution in [0.25, 0.3) is 11.0 Å². The van der Waals surface area contributed by atoms with Crippen molar-refractivity contribution in [3.63, 3.8) is 0 Å². The maximum atomic E-state index is 13.7. The van der Waals surface area contributed by atoms with Gasteiger partial charge in [-0.2, -0.15) is 0 Å². The molecular formula is C35H43N7O6. The number of nitrogens with zero attached hydrogens (tertiary/aromatic N) is 5. The summed E-state index contributed by atoms with van der Waals surface area (Å²) in [7, 11) is 4.78. The van der Waals surface area contributed by atoms with Crippen molar-refractivity contribution in [2.24, 2.45) is 4.99 Å². The smallest absolute Gasteiger partial charge is 0.257 e. The lowest BCUT2D eigenvalue weighted by Gasteiger charge is -2.25. The normalized spacial score (nSPS) is 16.9. The Bertz CT molecular complexity index is 1710.